The van der Waals surface area contributed by atoms with Crippen molar-refractivity contribution in [3.05, 3.63) is 44.0 Å². The van der Waals surface area contributed by atoms with Crippen LogP contribution in [0.5, 0.6) is 0 Å². The molecule has 1 aromatic rings. The zero-order valence-corrected chi connectivity index (χ0v) is 12.6. The summed E-state index contributed by atoms with van der Waals surface area (Å²) in [6.45, 7) is 2.40. The molecule has 128 valence electrons. The highest BCUT2D eigenvalue weighted by Gasteiger charge is 2.33. The van der Waals surface area contributed by atoms with Crippen LogP contribution in [0.1, 0.15) is 18.9 Å². The van der Waals surface area contributed by atoms with Gasteiger partial charge in [-0.2, -0.15) is 5.10 Å². The van der Waals surface area contributed by atoms with Crippen LogP contribution in [0.4, 0.5) is 11.4 Å². The molecule has 0 radical (unpaired) electrons. The smallest absolute Gasteiger partial charge is 0.276 e. The third kappa shape index (κ3) is 4.54. The summed E-state index contributed by atoms with van der Waals surface area (Å²) >= 11 is 0. The Morgan fingerprint density at radius 3 is 2.29 bits per heavy atom. The van der Waals surface area contributed by atoms with Gasteiger partial charge in [-0.15, -0.1) is 0 Å². The van der Waals surface area contributed by atoms with Crippen LogP contribution in [-0.2, 0) is 14.3 Å². The lowest BCUT2D eigenvalue weighted by molar-refractivity contribution is -0.394. The lowest BCUT2D eigenvalue weighted by atomic mass is 10.2. The Labute approximate surface area is 135 Å². The fourth-order valence-corrected chi connectivity index (χ4v) is 2.07. The SMILES string of the molecule is CC1(CC(=O)N/N=C\c2cc([N+](=O)[O-])cc([N+](=O)[O-])c2)OCCO1. The Kier molecular flexibility index (Phi) is 5.16. The number of nitro benzene ring substituents is 2. The van der Waals surface area contributed by atoms with Gasteiger partial charge in [0.15, 0.2) is 5.79 Å². The minimum Gasteiger partial charge on any atom is -0.347 e. The third-order valence-corrected chi connectivity index (χ3v) is 3.13. The van der Waals surface area contributed by atoms with Crippen LogP contribution >= 0.6 is 0 Å². The standard InChI is InChI=1S/C13H14N4O7/c1-13(23-2-3-24-13)7-12(18)15-14-8-9-4-10(16(19)20)6-11(5-9)17(21)22/h4-6,8H,2-3,7H2,1H3,(H,15,18)/b14-8-. The van der Waals surface area contributed by atoms with Gasteiger partial charge in [0.05, 0.1) is 41.8 Å². The Morgan fingerprint density at radius 2 is 1.79 bits per heavy atom. The summed E-state index contributed by atoms with van der Waals surface area (Å²) in [7, 11) is 0. The Balaban J connectivity index is 2.04. The Hall–Kier alpha value is -2.92. The number of carbonyl (C=O) groups is 1. The molecule has 0 spiro atoms. The van der Waals surface area contributed by atoms with Gasteiger partial charge in [-0.3, -0.25) is 25.0 Å². The quantitative estimate of drug-likeness (QED) is 0.464. The van der Waals surface area contributed by atoms with E-state index < -0.39 is 32.9 Å². The van der Waals surface area contributed by atoms with Crippen molar-refractivity contribution in [3.8, 4) is 0 Å². The number of nitrogens with zero attached hydrogens (tertiary/aromatic N) is 3. The van der Waals surface area contributed by atoms with Crippen LogP contribution in [0.25, 0.3) is 0 Å². The maximum absolute atomic E-state index is 11.7. The van der Waals surface area contributed by atoms with Crippen LogP contribution in [0.2, 0.25) is 0 Å². The van der Waals surface area contributed by atoms with Crippen LogP contribution < -0.4 is 5.43 Å². The monoisotopic (exact) mass is 338 g/mol. The molecule has 1 fully saturated rings. The number of hydrogen-bond donors (Lipinski definition) is 1. The van der Waals surface area contributed by atoms with Gasteiger partial charge in [0, 0.05) is 17.7 Å². The molecule has 0 atom stereocenters. The number of hydrogen-bond acceptors (Lipinski definition) is 8. The summed E-state index contributed by atoms with van der Waals surface area (Å²) in [5.74, 6) is -1.50. The van der Waals surface area contributed by atoms with Crippen molar-refractivity contribution in [1.29, 1.82) is 0 Å². The van der Waals surface area contributed by atoms with Crippen molar-refractivity contribution in [2.24, 2.45) is 5.10 Å². The molecule has 1 aliphatic rings. The van der Waals surface area contributed by atoms with E-state index in [9.17, 15) is 25.0 Å². The van der Waals surface area contributed by atoms with Gasteiger partial charge in [-0.25, -0.2) is 5.43 Å². The second-order valence-corrected chi connectivity index (χ2v) is 5.10. The molecule has 0 unspecified atom stereocenters. The van der Waals surface area contributed by atoms with E-state index in [4.69, 9.17) is 9.47 Å². The van der Waals surface area contributed by atoms with Crippen LogP contribution in [0.3, 0.4) is 0 Å². The van der Waals surface area contributed by atoms with Crippen molar-refractivity contribution in [2.75, 3.05) is 13.2 Å². The molecule has 1 aromatic carbocycles. The first-order valence-electron chi connectivity index (χ1n) is 6.83. The summed E-state index contributed by atoms with van der Waals surface area (Å²) in [6.07, 6.45) is 0.996. The van der Waals surface area contributed by atoms with Crippen molar-refractivity contribution < 1.29 is 24.1 Å². The lowest BCUT2D eigenvalue weighted by Gasteiger charge is -2.20. The molecule has 1 amide bonds. The summed E-state index contributed by atoms with van der Waals surface area (Å²) < 4.78 is 10.6. The van der Waals surface area contributed by atoms with Crippen molar-refractivity contribution in [1.82, 2.24) is 5.43 Å². The topological polar surface area (TPSA) is 146 Å². The minimum absolute atomic E-state index is 0.0839. The third-order valence-electron chi connectivity index (χ3n) is 3.13. The molecule has 24 heavy (non-hydrogen) atoms. The number of benzene rings is 1. The first kappa shape index (κ1) is 17.4. The number of nitro groups is 2. The highest BCUT2D eigenvalue weighted by Crippen LogP contribution is 2.23. The van der Waals surface area contributed by atoms with E-state index in [-0.39, 0.29) is 12.0 Å². The molecular formula is C13H14N4O7. The number of carbonyl (C=O) groups excluding carboxylic acids is 1. The van der Waals surface area contributed by atoms with Crippen LogP contribution in [-0.4, -0.2) is 41.0 Å². The van der Waals surface area contributed by atoms with E-state index in [1.165, 1.54) is 0 Å². The zero-order valence-electron chi connectivity index (χ0n) is 12.6. The highest BCUT2D eigenvalue weighted by molar-refractivity contribution is 5.84. The molecular weight excluding hydrogens is 324 g/mol. The van der Waals surface area contributed by atoms with Crippen molar-refractivity contribution in [2.45, 2.75) is 19.1 Å². The predicted octanol–water partition coefficient (Wildman–Crippen LogP) is 1.11. The molecule has 1 heterocycles. The van der Waals surface area contributed by atoms with Crippen LogP contribution in [0, 0.1) is 20.2 Å². The molecule has 11 nitrogen and oxygen atoms in total. The first-order chi connectivity index (χ1) is 11.3. The van der Waals surface area contributed by atoms with Gasteiger partial charge in [-0.05, 0) is 6.92 Å². The average Bonchev–Trinajstić information content (AvgIpc) is 2.92. The lowest BCUT2D eigenvalue weighted by Crippen LogP contribution is -2.33. The molecule has 2 rings (SSSR count). The number of hydrazone groups is 1. The maximum Gasteiger partial charge on any atom is 0.276 e. The van der Waals surface area contributed by atoms with E-state index in [0.717, 1.165) is 24.4 Å². The number of amides is 1. The van der Waals surface area contributed by atoms with E-state index in [1.807, 2.05) is 0 Å². The van der Waals surface area contributed by atoms with Gasteiger partial charge in [0.2, 0.25) is 5.91 Å². The molecule has 1 saturated heterocycles. The van der Waals surface area contributed by atoms with E-state index >= 15 is 0 Å². The molecule has 1 aliphatic heterocycles. The molecule has 0 saturated carbocycles. The van der Waals surface area contributed by atoms with Gasteiger partial charge < -0.3 is 9.47 Å². The second kappa shape index (κ2) is 7.10. The predicted molar refractivity (Wildman–Crippen MR) is 80.4 cm³/mol. The van der Waals surface area contributed by atoms with Gasteiger partial charge in [0.25, 0.3) is 11.4 Å². The summed E-state index contributed by atoms with van der Waals surface area (Å²) in [6, 6.07) is 3.05. The highest BCUT2D eigenvalue weighted by atomic mass is 16.7. The number of nitrogens with one attached hydrogen (secondary N) is 1. The summed E-state index contributed by atoms with van der Waals surface area (Å²) in [4.78, 5) is 31.8. The molecule has 11 heteroatoms. The fourth-order valence-electron chi connectivity index (χ4n) is 2.07. The van der Waals surface area contributed by atoms with Crippen molar-refractivity contribution in [3.63, 3.8) is 0 Å². The number of non-ortho nitro benzene ring substituents is 2. The molecule has 0 aliphatic carbocycles. The largest absolute Gasteiger partial charge is 0.347 e. The molecule has 0 bridgehead atoms. The Bertz CT molecular complexity index is 665. The second-order valence-electron chi connectivity index (χ2n) is 5.10. The number of ether oxygens (including phenoxy) is 2. The number of rotatable bonds is 6. The molecule has 1 N–H and O–H groups in total. The summed E-state index contributed by atoms with van der Waals surface area (Å²) in [5, 5.41) is 25.2. The molecule has 0 aromatic heterocycles. The average molecular weight is 338 g/mol. The fraction of sp³-hybridized carbons (Fsp3) is 0.385. The van der Waals surface area contributed by atoms with E-state index in [1.54, 1.807) is 6.92 Å². The first-order valence-corrected chi connectivity index (χ1v) is 6.83. The van der Waals surface area contributed by atoms with E-state index in [0.29, 0.717) is 13.2 Å². The maximum atomic E-state index is 11.7. The zero-order chi connectivity index (χ0) is 17.7. The summed E-state index contributed by atoms with van der Waals surface area (Å²) in [5.41, 5.74) is 1.42. The van der Waals surface area contributed by atoms with Gasteiger partial charge >= 0.3 is 0 Å². The van der Waals surface area contributed by atoms with Crippen molar-refractivity contribution >= 4 is 23.5 Å². The van der Waals surface area contributed by atoms with Gasteiger partial charge in [-0.1, -0.05) is 0 Å². The van der Waals surface area contributed by atoms with E-state index in [2.05, 4.69) is 10.5 Å². The minimum atomic E-state index is -1.01. The van der Waals surface area contributed by atoms with Crippen LogP contribution in [0.15, 0.2) is 23.3 Å². The van der Waals surface area contributed by atoms with Gasteiger partial charge in [0.1, 0.15) is 0 Å². The normalized spacial score (nSPS) is 16.2. The Morgan fingerprint density at radius 1 is 1.25 bits per heavy atom.